The van der Waals surface area contributed by atoms with Crippen LogP contribution in [0.4, 0.5) is 0 Å². The van der Waals surface area contributed by atoms with Gasteiger partial charge in [-0.1, -0.05) is 6.07 Å². The molecule has 0 saturated heterocycles. The summed E-state index contributed by atoms with van der Waals surface area (Å²) in [4.78, 5) is 16.4. The van der Waals surface area contributed by atoms with Crippen LogP contribution in [0.5, 0.6) is 0 Å². The van der Waals surface area contributed by atoms with Crippen LogP contribution in [0, 0.1) is 0 Å². The third-order valence-electron chi connectivity index (χ3n) is 2.87. The van der Waals surface area contributed by atoms with Crippen LogP contribution in [-0.4, -0.2) is 19.9 Å². The number of rotatable bonds is 1. The first-order chi connectivity index (χ1) is 8.24. The molecule has 0 N–H and O–H groups in total. The summed E-state index contributed by atoms with van der Waals surface area (Å²) in [6.45, 7) is 0. The Morgan fingerprint density at radius 3 is 2.65 bits per heavy atom. The predicted octanol–water partition coefficient (Wildman–Crippen LogP) is 2.65. The number of fused-ring (bicyclic) bond motifs is 1. The van der Waals surface area contributed by atoms with Crippen molar-refractivity contribution in [2.75, 3.05) is 0 Å². The van der Waals surface area contributed by atoms with Gasteiger partial charge in [0.1, 0.15) is 5.82 Å². The molecule has 3 rings (SSSR count). The summed E-state index contributed by atoms with van der Waals surface area (Å²) in [5.74, 6) is 0.677. The van der Waals surface area contributed by atoms with Crippen LogP contribution in [0.3, 0.4) is 0 Å². The van der Waals surface area contributed by atoms with Crippen LogP contribution < -0.4 is 0 Å². The minimum absolute atomic E-state index is 0.0733. The van der Waals surface area contributed by atoms with Gasteiger partial charge in [-0.2, -0.15) is 4.98 Å². The summed E-state index contributed by atoms with van der Waals surface area (Å²) in [5, 5.41) is 0.258. The monoisotopic (exact) mass is 266 g/mol. The summed E-state index contributed by atoms with van der Waals surface area (Å²) in [6.07, 6.45) is 3.69. The first kappa shape index (κ1) is 10.9. The molecule has 2 aromatic rings. The Morgan fingerprint density at radius 2 is 1.88 bits per heavy atom. The van der Waals surface area contributed by atoms with E-state index in [1.807, 2.05) is 6.07 Å². The summed E-state index contributed by atoms with van der Waals surface area (Å²) in [6, 6.07) is 4.02. The molecular weight excluding hydrogens is 259 g/mol. The first-order valence-electron chi connectivity index (χ1n) is 5.25. The summed E-state index contributed by atoms with van der Waals surface area (Å²) >= 11 is 11.6. The molecule has 2 heterocycles. The molecule has 0 radical (unpaired) electrons. The molecule has 0 aromatic carbocycles. The number of hydrogen-bond acceptors (Lipinski definition) is 4. The number of hydrogen-bond donors (Lipinski definition) is 0. The van der Waals surface area contributed by atoms with E-state index in [-0.39, 0.29) is 16.5 Å². The maximum absolute atomic E-state index is 5.79. The summed E-state index contributed by atoms with van der Waals surface area (Å²) in [7, 11) is 0. The zero-order valence-electron chi connectivity index (χ0n) is 8.77. The van der Waals surface area contributed by atoms with Crippen LogP contribution in [0.2, 0.25) is 10.6 Å². The predicted molar refractivity (Wildman–Crippen MR) is 64.2 cm³/mol. The number of halogens is 2. The van der Waals surface area contributed by atoms with Gasteiger partial charge >= 0.3 is 0 Å². The molecule has 1 aliphatic rings. The molecule has 0 aliphatic heterocycles. The normalized spacial score (nSPS) is 18.1. The van der Waals surface area contributed by atoms with E-state index < -0.39 is 0 Å². The molecule has 0 amide bonds. The van der Waals surface area contributed by atoms with Crippen LogP contribution in [0.25, 0.3) is 0 Å². The molecule has 2 aromatic heterocycles. The summed E-state index contributed by atoms with van der Waals surface area (Å²) in [5.41, 5.74) is 2.26. The molecule has 0 saturated carbocycles. The van der Waals surface area contributed by atoms with E-state index in [2.05, 4.69) is 26.0 Å². The number of nitrogens with zero attached hydrogens (tertiary/aromatic N) is 4. The van der Waals surface area contributed by atoms with Crippen LogP contribution in [-0.2, 0) is 6.42 Å². The maximum atomic E-state index is 5.79. The second-order valence-corrected chi connectivity index (χ2v) is 4.55. The molecule has 86 valence electrons. The van der Waals surface area contributed by atoms with E-state index in [9.17, 15) is 0 Å². The average Bonchev–Trinajstić information content (AvgIpc) is 2.71. The Morgan fingerprint density at radius 1 is 1.12 bits per heavy atom. The van der Waals surface area contributed by atoms with Crippen molar-refractivity contribution in [3.05, 3.63) is 46.0 Å². The van der Waals surface area contributed by atoms with Gasteiger partial charge in [0.2, 0.25) is 10.6 Å². The molecule has 6 heteroatoms. The Balaban J connectivity index is 2.06. The van der Waals surface area contributed by atoms with Gasteiger partial charge in [-0.3, -0.25) is 4.98 Å². The van der Waals surface area contributed by atoms with Crippen molar-refractivity contribution in [1.29, 1.82) is 0 Å². The second kappa shape index (κ2) is 4.20. The van der Waals surface area contributed by atoms with Gasteiger partial charge in [-0.05, 0) is 47.7 Å². The van der Waals surface area contributed by atoms with Crippen molar-refractivity contribution in [2.45, 2.75) is 18.8 Å². The van der Waals surface area contributed by atoms with Crippen molar-refractivity contribution < 1.29 is 0 Å². The quantitative estimate of drug-likeness (QED) is 0.797. The van der Waals surface area contributed by atoms with Gasteiger partial charge in [0.05, 0.1) is 11.6 Å². The zero-order valence-corrected chi connectivity index (χ0v) is 10.3. The molecule has 1 atom stereocenters. The van der Waals surface area contributed by atoms with Crippen molar-refractivity contribution in [3.8, 4) is 0 Å². The molecule has 0 fully saturated rings. The van der Waals surface area contributed by atoms with Gasteiger partial charge < -0.3 is 0 Å². The lowest BCUT2D eigenvalue weighted by molar-refractivity contribution is 0.707. The fourth-order valence-corrected chi connectivity index (χ4v) is 2.54. The highest BCUT2D eigenvalue weighted by atomic mass is 35.5. The third-order valence-corrected chi connectivity index (χ3v) is 3.21. The highest BCUT2D eigenvalue weighted by Gasteiger charge is 2.28. The highest BCUT2D eigenvalue weighted by molar-refractivity contribution is 6.31. The van der Waals surface area contributed by atoms with Crippen LogP contribution >= 0.6 is 23.2 Å². The van der Waals surface area contributed by atoms with Crippen LogP contribution in [0.1, 0.15) is 29.4 Å². The standard InChI is InChI=1S/C11H8Cl2N4/c12-10-15-9(16-11(13)17-10)7-4-3-6-2-1-5-14-8(6)7/h1-2,5,7H,3-4H2. The Bertz CT molecular complexity index is 553. The zero-order chi connectivity index (χ0) is 11.8. The highest BCUT2D eigenvalue weighted by Crippen LogP contribution is 2.35. The molecule has 0 spiro atoms. The summed E-state index contributed by atoms with van der Waals surface area (Å²) < 4.78 is 0. The second-order valence-electron chi connectivity index (χ2n) is 3.87. The van der Waals surface area contributed by atoms with E-state index in [0.717, 1.165) is 18.5 Å². The minimum atomic E-state index is 0.0733. The van der Waals surface area contributed by atoms with Crippen LogP contribution in [0.15, 0.2) is 18.3 Å². The molecule has 1 unspecified atom stereocenters. The minimum Gasteiger partial charge on any atom is -0.260 e. The van der Waals surface area contributed by atoms with Gasteiger partial charge in [-0.25, -0.2) is 9.97 Å². The Labute approximate surface area is 108 Å². The van der Waals surface area contributed by atoms with Crippen molar-refractivity contribution in [3.63, 3.8) is 0 Å². The lowest BCUT2D eigenvalue weighted by Crippen LogP contribution is -2.06. The topological polar surface area (TPSA) is 51.6 Å². The van der Waals surface area contributed by atoms with Crippen molar-refractivity contribution in [1.82, 2.24) is 19.9 Å². The van der Waals surface area contributed by atoms with Gasteiger partial charge in [0.25, 0.3) is 0 Å². The van der Waals surface area contributed by atoms with Crippen molar-refractivity contribution in [2.24, 2.45) is 0 Å². The molecule has 4 nitrogen and oxygen atoms in total. The molecule has 1 aliphatic carbocycles. The third kappa shape index (κ3) is 1.98. The smallest absolute Gasteiger partial charge is 0.226 e. The van der Waals surface area contributed by atoms with Crippen molar-refractivity contribution >= 4 is 23.2 Å². The molecule has 17 heavy (non-hydrogen) atoms. The largest absolute Gasteiger partial charge is 0.260 e. The van der Waals surface area contributed by atoms with E-state index >= 15 is 0 Å². The molecular formula is C11H8Cl2N4. The maximum Gasteiger partial charge on any atom is 0.226 e. The van der Waals surface area contributed by atoms with Gasteiger partial charge in [0, 0.05) is 6.20 Å². The van der Waals surface area contributed by atoms with E-state index in [0.29, 0.717) is 5.82 Å². The first-order valence-corrected chi connectivity index (χ1v) is 6.00. The van der Waals surface area contributed by atoms with E-state index in [4.69, 9.17) is 23.2 Å². The lowest BCUT2D eigenvalue weighted by Gasteiger charge is -2.08. The Kier molecular flexibility index (Phi) is 2.68. The number of pyridine rings is 1. The van der Waals surface area contributed by atoms with Gasteiger partial charge in [-0.15, -0.1) is 0 Å². The lowest BCUT2D eigenvalue weighted by atomic mass is 10.1. The Hall–Kier alpha value is -1.26. The van der Waals surface area contributed by atoms with Gasteiger partial charge in [0.15, 0.2) is 0 Å². The van der Waals surface area contributed by atoms with E-state index in [1.165, 1.54) is 5.56 Å². The fourth-order valence-electron chi connectivity index (χ4n) is 2.16. The SMILES string of the molecule is Clc1nc(Cl)nc(C2CCc3cccnc32)n1. The van der Waals surface area contributed by atoms with E-state index in [1.54, 1.807) is 6.20 Å². The number of aryl methyl sites for hydroxylation is 1. The number of aromatic nitrogens is 4. The molecule has 0 bridgehead atoms. The average molecular weight is 267 g/mol. The fraction of sp³-hybridized carbons (Fsp3) is 0.273.